The van der Waals surface area contributed by atoms with Gasteiger partial charge in [0.25, 0.3) is 0 Å². The fourth-order valence-corrected chi connectivity index (χ4v) is 2.38. The fraction of sp³-hybridized carbons (Fsp3) is 0.294. The average molecular weight is 224 g/mol. The van der Waals surface area contributed by atoms with E-state index >= 15 is 0 Å². The van der Waals surface area contributed by atoms with E-state index in [9.17, 15) is 0 Å². The number of hydrogen-bond acceptors (Lipinski definition) is 0. The second-order valence-corrected chi connectivity index (χ2v) is 4.90. The zero-order chi connectivity index (χ0) is 12.3. The summed E-state index contributed by atoms with van der Waals surface area (Å²) in [6.45, 7) is 8.81. The molecule has 0 amide bonds. The molecule has 1 aliphatic rings. The molecule has 0 saturated heterocycles. The van der Waals surface area contributed by atoms with Crippen LogP contribution >= 0.6 is 0 Å². The van der Waals surface area contributed by atoms with Crippen LogP contribution in [0.5, 0.6) is 0 Å². The van der Waals surface area contributed by atoms with Crippen molar-refractivity contribution in [1.29, 1.82) is 0 Å². The van der Waals surface area contributed by atoms with Gasteiger partial charge in [0, 0.05) is 5.41 Å². The summed E-state index contributed by atoms with van der Waals surface area (Å²) in [6.07, 6.45) is 10.8. The highest BCUT2D eigenvalue weighted by molar-refractivity contribution is 5.72. The van der Waals surface area contributed by atoms with E-state index in [1.165, 1.54) is 16.7 Å². The first kappa shape index (κ1) is 11.9. The molecule has 0 bridgehead atoms. The largest absolute Gasteiger partial charge is 0.0943 e. The average Bonchev–Trinajstić information content (AvgIpc) is 2.38. The molecule has 88 valence electrons. The van der Waals surface area contributed by atoms with E-state index in [0.717, 1.165) is 12.8 Å². The van der Waals surface area contributed by atoms with Gasteiger partial charge in [-0.2, -0.15) is 0 Å². The zero-order valence-electron chi connectivity index (χ0n) is 10.7. The normalized spacial score (nSPS) is 22.7. The molecule has 0 N–H and O–H groups in total. The summed E-state index contributed by atoms with van der Waals surface area (Å²) in [5.74, 6) is 0. The lowest BCUT2D eigenvalue weighted by Gasteiger charge is -2.30. The highest BCUT2D eigenvalue weighted by Crippen LogP contribution is 2.41. The number of aryl methyl sites for hydroxylation is 1. The molecule has 0 fully saturated rings. The topological polar surface area (TPSA) is 0 Å². The summed E-state index contributed by atoms with van der Waals surface area (Å²) in [7, 11) is 0. The molecule has 0 aromatic heterocycles. The maximum absolute atomic E-state index is 4.34. The summed E-state index contributed by atoms with van der Waals surface area (Å²) in [6, 6.07) is 8.60. The van der Waals surface area contributed by atoms with E-state index in [4.69, 9.17) is 0 Å². The van der Waals surface area contributed by atoms with Crippen molar-refractivity contribution in [3.05, 3.63) is 66.3 Å². The SMILES string of the molecule is C=C(c1ccccc1CC)C1(C)C=CC=CC1. The molecule has 1 aliphatic carbocycles. The number of hydrogen-bond donors (Lipinski definition) is 0. The lowest BCUT2D eigenvalue weighted by Crippen LogP contribution is -2.16. The predicted octanol–water partition coefficient (Wildman–Crippen LogP) is 4.78. The van der Waals surface area contributed by atoms with Crippen molar-refractivity contribution in [3.63, 3.8) is 0 Å². The van der Waals surface area contributed by atoms with Crippen LogP contribution in [0.3, 0.4) is 0 Å². The second-order valence-electron chi connectivity index (χ2n) is 4.90. The third kappa shape index (κ3) is 2.26. The van der Waals surface area contributed by atoms with E-state index < -0.39 is 0 Å². The van der Waals surface area contributed by atoms with Crippen molar-refractivity contribution in [1.82, 2.24) is 0 Å². The number of allylic oxidation sites excluding steroid dienone is 5. The molecule has 0 heteroatoms. The molecule has 0 saturated carbocycles. The molecule has 0 aliphatic heterocycles. The van der Waals surface area contributed by atoms with E-state index in [0.29, 0.717) is 0 Å². The lowest BCUT2D eigenvalue weighted by molar-refractivity contribution is 0.578. The third-order valence-electron chi connectivity index (χ3n) is 3.67. The van der Waals surface area contributed by atoms with E-state index in [1.54, 1.807) is 0 Å². The quantitative estimate of drug-likeness (QED) is 0.692. The van der Waals surface area contributed by atoms with Crippen LogP contribution in [-0.4, -0.2) is 0 Å². The molecular formula is C17H20. The maximum atomic E-state index is 4.34. The molecule has 1 aromatic rings. The summed E-state index contributed by atoms with van der Waals surface area (Å²) in [5, 5.41) is 0. The van der Waals surface area contributed by atoms with Crippen LogP contribution in [0.2, 0.25) is 0 Å². The Balaban J connectivity index is 2.37. The number of benzene rings is 1. The Morgan fingerprint density at radius 2 is 2.06 bits per heavy atom. The highest BCUT2D eigenvalue weighted by atomic mass is 14.3. The van der Waals surface area contributed by atoms with Gasteiger partial charge < -0.3 is 0 Å². The van der Waals surface area contributed by atoms with E-state index in [-0.39, 0.29) is 5.41 Å². The van der Waals surface area contributed by atoms with Crippen molar-refractivity contribution >= 4 is 5.57 Å². The van der Waals surface area contributed by atoms with E-state index in [2.05, 4.69) is 69.0 Å². The van der Waals surface area contributed by atoms with Gasteiger partial charge in [-0.15, -0.1) is 0 Å². The Labute approximate surface area is 104 Å². The minimum atomic E-state index is 0.0695. The Kier molecular flexibility index (Phi) is 3.33. The van der Waals surface area contributed by atoms with Crippen LogP contribution in [0.4, 0.5) is 0 Å². The van der Waals surface area contributed by atoms with Gasteiger partial charge in [-0.1, -0.05) is 69.0 Å². The van der Waals surface area contributed by atoms with Crippen LogP contribution in [0.25, 0.3) is 5.57 Å². The first-order valence-electron chi connectivity index (χ1n) is 6.29. The molecule has 0 radical (unpaired) electrons. The molecule has 0 spiro atoms. The number of rotatable bonds is 3. The van der Waals surface area contributed by atoms with Gasteiger partial charge in [0.1, 0.15) is 0 Å². The summed E-state index contributed by atoms with van der Waals surface area (Å²) >= 11 is 0. The highest BCUT2D eigenvalue weighted by Gasteiger charge is 2.26. The van der Waals surface area contributed by atoms with Gasteiger partial charge in [0.2, 0.25) is 0 Å². The Morgan fingerprint density at radius 3 is 2.71 bits per heavy atom. The fourth-order valence-electron chi connectivity index (χ4n) is 2.38. The van der Waals surface area contributed by atoms with Gasteiger partial charge in [-0.25, -0.2) is 0 Å². The molecule has 0 heterocycles. The van der Waals surface area contributed by atoms with Crippen molar-refractivity contribution < 1.29 is 0 Å². The summed E-state index contributed by atoms with van der Waals surface area (Å²) in [4.78, 5) is 0. The van der Waals surface area contributed by atoms with Crippen LogP contribution in [0, 0.1) is 5.41 Å². The molecular weight excluding hydrogens is 204 g/mol. The van der Waals surface area contributed by atoms with Crippen molar-refractivity contribution in [3.8, 4) is 0 Å². The molecule has 17 heavy (non-hydrogen) atoms. The predicted molar refractivity (Wildman–Crippen MR) is 75.9 cm³/mol. The van der Waals surface area contributed by atoms with Gasteiger partial charge in [0.15, 0.2) is 0 Å². The molecule has 1 aromatic carbocycles. The lowest BCUT2D eigenvalue weighted by atomic mass is 9.74. The Bertz CT molecular complexity index is 477. The van der Waals surface area contributed by atoms with Gasteiger partial charge >= 0.3 is 0 Å². The summed E-state index contributed by atoms with van der Waals surface area (Å²) in [5.41, 5.74) is 4.01. The molecule has 2 rings (SSSR count). The summed E-state index contributed by atoms with van der Waals surface area (Å²) < 4.78 is 0. The minimum absolute atomic E-state index is 0.0695. The molecule has 1 atom stereocenters. The Morgan fingerprint density at radius 1 is 1.29 bits per heavy atom. The van der Waals surface area contributed by atoms with Gasteiger partial charge in [-0.3, -0.25) is 0 Å². The van der Waals surface area contributed by atoms with Gasteiger partial charge in [-0.05, 0) is 29.5 Å². The van der Waals surface area contributed by atoms with Crippen LogP contribution in [0.15, 0.2) is 55.1 Å². The first-order chi connectivity index (χ1) is 8.17. The van der Waals surface area contributed by atoms with Crippen LogP contribution in [0.1, 0.15) is 31.4 Å². The Hall–Kier alpha value is -1.56. The van der Waals surface area contributed by atoms with E-state index in [1.807, 2.05) is 0 Å². The van der Waals surface area contributed by atoms with Crippen molar-refractivity contribution in [2.45, 2.75) is 26.7 Å². The minimum Gasteiger partial charge on any atom is -0.0943 e. The van der Waals surface area contributed by atoms with Crippen LogP contribution < -0.4 is 0 Å². The third-order valence-corrected chi connectivity index (χ3v) is 3.67. The van der Waals surface area contributed by atoms with Crippen molar-refractivity contribution in [2.24, 2.45) is 5.41 Å². The van der Waals surface area contributed by atoms with Crippen LogP contribution in [-0.2, 0) is 6.42 Å². The maximum Gasteiger partial charge on any atom is 0.0141 e. The molecule has 0 nitrogen and oxygen atoms in total. The van der Waals surface area contributed by atoms with Gasteiger partial charge in [0.05, 0.1) is 0 Å². The van der Waals surface area contributed by atoms with Crippen molar-refractivity contribution in [2.75, 3.05) is 0 Å². The first-order valence-corrected chi connectivity index (χ1v) is 6.29. The molecule has 1 unspecified atom stereocenters. The zero-order valence-corrected chi connectivity index (χ0v) is 10.7. The monoisotopic (exact) mass is 224 g/mol. The second kappa shape index (κ2) is 4.75. The smallest absolute Gasteiger partial charge is 0.0141 e. The standard InChI is InChI=1S/C17H20/c1-4-15-10-6-7-11-16(15)14(2)17(3)12-8-5-9-13-17/h5-12H,2,4,13H2,1,3H3.